The zero-order chi connectivity index (χ0) is 18.5. The predicted octanol–water partition coefficient (Wildman–Crippen LogP) is 3.55. The van der Waals surface area contributed by atoms with Crippen LogP contribution in [0.15, 0.2) is 36.0 Å². The van der Waals surface area contributed by atoms with E-state index >= 15 is 0 Å². The second-order valence-corrected chi connectivity index (χ2v) is 8.09. The van der Waals surface area contributed by atoms with E-state index in [0.29, 0.717) is 30.6 Å². The molecule has 26 heavy (non-hydrogen) atoms. The number of hydrogen-bond donors (Lipinski definition) is 2. The average molecular weight is 360 g/mol. The number of allylic oxidation sites excluding steroid dienone is 4. The van der Waals surface area contributed by atoms with Gasteiger partial charge in [0.05, 0.1) is 19.3 Å². The number of fused-ring (bicyclic) bond motifs is 1. The van der Waals surface area contributed by atoms with Crippen molar-refractivity contribution in [2.45, 2.75) is 63.6 Å². The number of esters is 1. The molecule has 0 aliphatic heterocycles. The fraction of sp³-hybridized carbons (Fsp3) is 0.682. The summed E-state index contributed by atoms with van der Waals surface area (Å²) in [6.07, 6.45) is 17.3. The first-order chi connectivity index (χ1) is 12.6. The van der Waals surface area contributed by atoms with E-state index in [1.165, 1.54) is 25.5 Å². The molecular weight excluding hydrogens is 328 g/mol. The Hall–Kier alpha value is -1.39. The quantitative estimate of drug-likeness (QED) is 0.538. The monoisotopic (exact) mass is 360 g/mol. The molecule has 3 rings (SSSR count). The van der Waals surface area contributed by atoms with Crippen molar-refractivity contribution < 1.29 is 19.7 Å². The molecule has 2 fully saturated rings. The van der Waals surface area contributed by atoms with Gasteiger partial charge in [-0.15, -0.1) is 0 Å². The van der Waals surface area contributed by atoms with Crippen LogP contribution in [0.3, 0.4) is 0 Å². The molecule has 0 aromatic carbocycles. The first-order valence-corrected chi connectivity index (χ1v) is 10.1. The van der Waals surface area contributed by atoms with E-state index in [9.17, 15) is 15.0 Å². The lowest BCUT2D eigenvalue weighted by atomic mass is 9.88. The number of hydrogen-bond acceptors (Lipinski definition) is 4. The first-order valence-electron chi connectivity index (χ1n) is 10.1. The van der Waals surface area contributed by atoms with Crippen molar-refractivity contribution >= 4 is 5.97 Å². The third-order valence-corrected chi connectivity index (χ3v) is 6.39. The molecule has 0 aromatic heterocycles. The zero-order valence-electron chi connectivity index (χ0n) is 15.7. The summed E-state index contributed by atoms with van der Waals surface area (Å²) in [6, 6.07) is 0. The smallest absolute Gasteiger partial charge is 0.305 e. The number of rotatable bonds is 7. The third kappa shape index (κ3) is 4.66. The van der Waals surface area contributed by atoms with Gasteiger partial charge in [-0.05, 0) is 49.9 Å². The Morgan fingerprint density at radius 2 is 2.15 bits per heavy atom. The molecule has 0 unspecified atom stereocenters. The van der Waals surface area contributed by atoms with E-state index in [2.05, 4.69) is 23.0 Å². The second-order valence-electron chi connectivity index (χ2n) is 8.09. The second kappa shape index (κ2) is 9.01. The van der Waals surface area contributed by atoms with Crippen LogP contribution < -0.4 is 0 Å². The van der Waals surface area contributed by atoms with Crippen LogP contribution in [0.25, 0.3) is 0 Å². The summed E-state index contributed by atoms with van der Waals surface area (Å²) in [5.74, 6) is 1.20. The highest BCUT2D eigenvalue weighted by Crippen LogP contribution is 2.47. The molecule has 5 atom stereocenters. The van der Waals surface area contributed by atoms with Gasteiger partial charge in [0.1, 0.15) is 0 Å². The van der Waals surface area contributed by atoms with Crippen LogP contribution in [0, 0.1) is 23.7 Å². The fourth-order valence-corrected chi connectivity index (χ4v) is 4.91. The minimum absolute atomic E-state index is 0.133. The van der Waals surface area contributed by atoms with Gasteiger partial charge in [-0.2, -0.15) is 0 Å². The van der Waals surface area contributed by atoms with Crippen LogP contribution in [0.5, 0.6) is 0 Å². The Morgan fingerprint density at radius 1 is 1.38 bits per heavy atom. The molecule has 144 valence electrons. The highest BCUT2D eigenvalue weighted by Gasteiger charge is 2.43. The normalized spacial score (nSPS) is 33.1. The Bertz CT molecular complexity index is 571. The Kier molecular flexibility index (Phi) is 6.71. The molecule has 0 heterocycles. The number of carbonyl (C=O) groups is 1. The molecule has 3 aliphatic rings. The molecule has 0 aromatic rings. The molecule has 2 N–H and O–H groups in total. The molecule has 2 saturated carbocycles. The molecule has 0 saturated heterocycles. The van der Waals surface area contributed by atoms with Crippen LogP contribution in [-0.4, -0.2) is 35.5 Å². The van der Waals surface area contributed by atoms with Gasteiger partial charge >= 0.3 is 5.97 Å². The van der Waals surface area contributed by atoms with Gasteiger partial charge in [-0.25, -0.2) is 0 Å². The SMILES string of the molecule is COC(=O)CCC=CC1=C[C@H]2C[C@@H](O)[C@@H](/C=C\[C@@H](O)C3CCCC3)[C@H]2C1. The van der Waals surface area contributed by atoms with Crippen molar-refractivity contribution in [3.8, 4) is 0 Å². The van der Waals surface area contributed by atoms with Crippen LogP contribution >= 0.6 is 0 Å². The van der Waals surface area contributed by atoms with Crippen LogP contribution in [-0.2, 0) is 9.53 Å². The van der Waals surface area contributed by atoms with E-state index in [1.54, 1.807) is 0 Å². The summed E-state index contributed by atoms with van der Waals surface area (Å²) in [6.45, 7) is 0. The number of aliphatic hydroxyl groups is 2. The van der Waals surface area contributed by atoms with Gasteiger partial charge in [-0.1, -0.05) is 48.8 Å². The zero-order valence-corrected chi connectivity index (χ0v) is 15.7. The van der Waals surface area contributed by atoms with Crippen molar-refractivity contribution in [2.24, 2.45) is 23.7 Å². The maximum absolute atomic E-state index is 11.1. The Balaban J connectivity index is 1.52. The lowest BCUT2D eigenvalue weighted by Crippen LogP contribution is -2.19. The summed E-state index contributed by atoms with van der Waals surface area (Å²) in [7, 11) is 1.41. The molecule has 4 heteroatoms. The lowest BCUT2D eigenvalue weighted by molar-refractivity contribution is -0.140. The summed E-state index contributed by atoms with van der Waals surface area (Å²) in [4.78, 5) is 11.1. The standard InChI is InChI=1S/C22H32O4/c1-26-22(25)9-5-2-6-15-12-17-14-21(24)18(19(17)13-15)10-11-20(23)16-7-3-4-8-16/h2,6,10-12,16-21,23-24H,3-5,7-9,13-14H2,1H3/b6-2?,11-10-/t17-,18-,19-,20+,21+/m0/s1. The number of methoxy groups -OCH3 is 1. The summed E-state index contributed by atoms with van der Waals surface area (Å²) < 4.78 is 4.65. The van der Waals surface area contributed by atoms with Crippen LogP contribution in [0.1, 0.15) is 51.4 Å². The molecule has 3 aliphatic carbocycles. The van der Waals surface area contributed by atoms with E-state index in [4.69, 9.17) is 0 Å². The van der Waals surface area contributed by atoms with Gasteiger partial charge in [0.25, 0.3) is 0 Å². The van der Waals surface area contributed by atoms with E-state index in [-0.39, 0.29) is 24.1 Å². The maximum atomic E-state index is 11.1. The predicted molar refractivity (Wildman–Crippen MR) is 101 cm³/mol. The summed E-state index contributed by atoms with van der Waals surface area (Å²) in [5, 5.41) is 20.8. The van der Waals surface area contributed by atoms with Gasteiger partial charge < -0.3 is 14.9 Å². The first kappa shape index (κ1) is 19.4. The molecule has 0 amide bonds. The van der Waals surface area contributed by atoms with Crippen LogP contribution in [0.4, 0.5) is 0 Å². The molecular formula is C22H32O4. The Morgan fingerprint density at radius 3 is 2.88 bits per heavy atom. The van der Waals surface area contributed by atoms with E-state index in [0.717, 1.165) is 25.7 Å². The van der Waals surface area contributed by atoms with Crippen LogP contribution in [0.2, 0.25) is 0 Å². The minimum atomic E-state index is -0.365. The lowest BCUT2D eigenvalue weighted by Gasteiger charge is -2.19. The highest BCUT2D eigenvalue weighted by atomic mass is 16.5. The topological polar surface area (TPSA) is 66.8 Å². The van der Waals surface area contributed by atoms with E-state index < -0.39 is 0 Å². The summed E-state index contributed by atoms with van der Waals surface area (Å²) in [5.41, 5.74) is 1.30. The Labute approximate surface area is 156 Å². The summed E-state index contributed by atoms with van der Waals surface area (Å²) >= 11 is 0. The largest absolute Gasteiger partial charge is 0.469 e. The average Bonchev–Trinajstić information content (AvgIpc) is 3.33. The van der Waals surface area contributed by atoms with Crippen molar-refractivity contribution in [1.29, 1.82) is 0 Å². The number of aliphatic hydroxyl groups excluding tert-OH is 2. The van der Waals surface area contributed by atoms with E-state index in [1.807, 2.05) is 12.2 Å². The third-order valence-electron chi connectivity index (χ3n) is 6.39. The van der Waals surface area contributed by atoms with Gasteiger partial charge in [-0.3, -0.25) is 4.79 Å². The van der Waals surface area contributed by atoms with Crippen molar-refractivity contribution in [3.05, 3.63) is 36.0 Å². The number of carbonyl (C=O) groups excluding carboxylic acids is 1. The molecule has 0 radical (unpaired) electrons. The van der Waals surface area contributed by atoms with Crippen molar-refractivity contribution in [1.82, 2.24) is 0 Å². The highest BCUT2D eigenvalue weighted by molar-refractivity contribution is 5.69. The van der Waals surface area contributed by atoms with Crippen molar-refractivity contribution in [2.75, 3.05) is 7.11 Å². The number of ether oxygens (including phenoxy) is 1. The van der Waals surface area contributed by atoms with Gasteiger partial charge in [0.15, 0.2) is 0 Å². The van der Waals surface area contributed by atoms with Gasteiger partial charge in [0.2, 0.25) is 0 Å². The minimum Gasteiger partial charge on any atom is -0.469 e. The molecule has 0 bridgehead atoms. The van der Waals surface area contributed by atoms with Crippen molar-refractivity contribution in [3.63, 3.8) is 0 Å². The molecule has 0 spiro atoms. The fourth-order valence-electron chi connectivity index (χ4n) is 4.91. The maximum Gasteiger partial charge on any atom is 0.305 e. The molecule has 4 nitrogen and oxygen atoms in total. The van der Waals surface area contributed by atoms with Gasteiger partial charge in [0, 0.05) is 12.3 Å².